The van der Waals surface area contributed by atoms with E-state index in [0.29, 0.717) is 25.8 Å². The average molecular weight is 260 g/mol. The van der Waals surface area contributed by atoms with E-state index in [9.17, 15) is 8.42 Å². The number of unbranched alkanes of at least 4 members (excludes halogenated alkanes) is 3. The number of hydrogen-bond donors (Lipinski definition) is 2. The molecule has 0 unspecified atom stereocenters. The average Bonchev–Trinajstić information content (AvgIpc) is 2.13. The van der Waals surface area contributed by atoms with Crippen LogP contribution in [-0.4, -0.2) is 38.2 Å². The minimum Gasteiger partial charge on any atom is -0.396 e. The van der Waals surface area contributed by atoms with E-state index in [-0.39, 0.29) is 30.5 Å². The Morgan fingerprint density at radius 2 is 1.47 bits per heavy atom. The Hall–Kier alpha value is 0.160. The lowest BCUT2D eigenvalue weighted by molar-refractivity contribution is 0.287. The number of hydrogen-bond acceptors (Lipinski definition) is 4. The van der Waals surface area contributed by atoms with E-state index < -0.39 is 9.84 Å². The van der Waals surface area contributed by atoms with Gasteiger partial charge in [0.05, 0.1) is 11.5 Å². The van der Waals surface area contributed by atoms with Crippen molar-refractivity contribution in [2.75, 3.05) is 24.7 Å². The van der Waals surface area contributed by atoms with Crippen LogP contribution in [-0.2, 0) is 9.84 Å². The molecule has 0 aromatic heterocycles. The van der Waals surface area contributed by atoms with Crippen molar-refractivity contribution in [2.45, 2.75) is 32.1 Å². The van der Waals surface area contributed by atoms with Crippen molar-refractivity contribution in [2.24, 2.45) is 5.73 Å². The van der Waals surface area contributed by atoms with Gasteiger partial charge in [0.2, 0.25) is 0 Å². The van der Waals surface area contributed by atoms with Crippen molar-refractivity contribution >= 4 is 22.2 Å². The molecule has 0 aliphatic heterocycles. The van der Waals surface area contributed by atoms with Crippen molar-refractivity contribution in [3.8, 4) is 0 Å². The zero-order chi connectivity index (χ0) is 10.9. The van der Waals surface area contributed by atoms with Crippen molar-refractivity contribution in [3.05, 3.63) is 0 Å². The first kappa shape index (κ1) is 17.6. The third-order valence-electron chi connectivity index (χ3n) is 2.02. The SMILES string of the molecule is Cl.NCCCCCS(=O)(=O)CCCCO. The highest BCUT2D eigenvalue weighted by atomic mass is 35.5. The molecule has 3 N–H and O–H groups in total. The molecule has 0 aliphatic rings. The van der Waals surface area contributed by atoms with Gasteiger partial charge in [-0.15, -0.1) is 12.4 Å². The van der Waals surface area contributed by atoms with Gasteiger partial charge in [0, 0.05) is 6.61 Å². The molecule has 6 heteroatoms. The second-order valence-corrected chi connectivity index (χ2v) is 5.74. The van der Waals surface area contributed by atoms with Crippen LogP contribution in [0.15, 0.2) is 0 Å². The molecule has 0 fully saturated rings. The van der Waals surface area contributed by atoms with Crippen LogP contribution < -0.4 is 5.73 Å². The maximum absolute atomic E-state index is 11.4. The van der Waals surface area contributed by atoms with Crippen molar-refractivity contribution in [1.29, 1.82) is 0 Å². The van der Waals surface area contributed by atoms with Crippen LogP contribution in [0.4, 0.5) is 0 Å². The topological polar surface area (TPSA) is 80.4 Å². The summed E-state index contributed by atoms with van der Waals surface area (Å²) >= 11 is 0. The highest BCUT2D eigenvalue weighted by Crippen LogP contribution is 2.02. The smallest absolute Gasteiger partial charge is 0.150 e. The molecule has 0 heterocycles. The van der Waals surface area contributed by atoms with E-state index in [1.54, 1.807) is 0 Å². The fraction of sp³-hybridized carbons (Fsp3) is 1.00. The van der Waals surface area contributed by atoms with E-state index in [1.165, 1.54) is 0 Å². The highest BCUT2D eigenvalue weighted by molar-refractivity contribution is 7.91. The molecular weight excluding hydrogens is 238 g/mol. The Kier molecular flexibility index (Phi) is 12.5. The van der Waals surface area contributed by atoms with Crippen molar-refractivity contribution < 1.29 is 13.5 Å². The normalized spacial score (nSPS) is 11.1. The third-order valence-corrected chi connectivity index (χ3v) is 3.84. The molecule has 0 saturated carbocycles. The zero-order valence-electron chi connectivity index (χ0n) is 9.02. The summed E-state index contributed by atoms with van der Waals surface area (Å²) in [6.07, 6.45) is 3.62. The lowest BCUT2D eigenvalue weighted by Crippen LogP contribution is -2.12. The van der Waals surface area contributed by atoms with Crippen LogP contribution >= 0.6 is 12.4 Å². The van der Waals surface area contributed by atoms with Gasteiger partial charge in [-0.25, -0.2) is 8.42 Å². The molecular formula is C9H22ClNO3S. The zero-order valence-corrected chi connectivity index (χ0v) is 10.7. The van der Waals surface area contributed by atoms with E-state index in [0.717, 1.165) is 12.8 Å². The van der Waals surface area contributed by atoms with Crippen LogP contribution in [0.5, 0.6) is 0 Å². The Bertz CT molecular complexity index is 219. The van der Waals surface area contributed by atoms with Crippen LogP contribution in [0.3, 0.4) is 0 Å². The number of aliphatic hydroxyl groups is 1. The van der Waals surface area contributed by atoms with Gasteiger partial charge >= 0.3 is 0 Å². The fourth-order valence-electron chi connectivity index (χ4n) is 1.18. The first-order chi connectivity index (χ1) is 6.62. The molecule has 0 radical (unpaired) electrons. The Labute approximate surface area is 98.6 Å². The molecule has 0 aromatic rings. The van der Waals surface area contributed by atoms with Crippen molar-refractivity contribution in [3.63, 3.8) is 0 Å². The predicted octanol–water partition coefficient (Wildman–Crippen LogP) is 0.724. The number of sulfone groups is 1. The van der Waals surface area contributed by atoms with Gasteiger partial charge in [-0.3, -0.25) is 0 Å². The third kappa shape index (κ3) is 12.1. The first-order valence-corrected chi connectivity index (χ1v) is 6.96. The number of halogens is 1. The quantitative estimate of drug-likeness (QED) is 0.598. The van der Waals surface area contributed by atoms with Crippen LogP contribution in [0.1, 0.15) is 32.1 Å². The molecule has 0 amide bonds. The predicted molar refractivity (Wildman–Crippen MR) is 65.1 cm³/mol. The molecule has 0 aliphatic carbocycles. The molecule has 0 rings (SSSR count). The van der Waals surface area contributed by atoms with E-state index in [2.05, 4.69) is 0 Å². The maximum Gasteiger partial charge on any atom is 0.150 e. The lowest BCUT2D eigenvalue weighted by Gasteiger charge is -2.03. The molecule has 0 saturated heterocycles. The van der Waals surface area contributed by atoms with Gasteiger partial charge in [-0.1, -0.05) is 6.42 Å². The molecule has 0 aromatic carbocycles. The van der Waals surface area contributed by atoms with E-state index >= 15 is 0 Å². The summed E-state index contributed by atoms with van der Waals surface area (Å²) in [5.74, 6) is 0.467. The first-order valence-electron chi connectivity index (χ1n) is 5.14. The molecule has 0 atom stereocenters. The Morgan fingerprint density at radius 1 is 0.933 bits per heavy atom. The van der Waals surface area contributed by atoms with Gasteiger partial charge in [0.25, 0.3) is 0 Å². The summed E-state index contributed by atoms with van der Waals surface area (Å²) in [4.78, 5) is 0. The second kappa shape index (κ2) is 10.7. The van der Waals surface area contributed by atoms with Gasteiger partial charge in [-0.05, 0) is 32.2 Å². The number of aliphatic hydroxyl groups excluding tert-OH is 1. The summed E-state index contributed by atoms with van der Waals surface area (Å²) in [5, 5.41) is 8.50. The van der Waals surface area contributed by atoms with E-state index in [4.69, 9.17) is 10.8 Å². The van der Waals surface area contributed by atoms with Gasteiger partial charge in [-0.2, -0.15) is 0 Å². The second-order valence-electron chi connectivity index (χ2n) is 3.43. The number of nitrogens with two attached hydrogens (primary N) is 1. The van der Waals surface area contributed by atoms with Gasteiger partial charge in [0.15, 0.2) is 0 Å². The largest absolute Gasteiger partial charge is 0.396 e. The Balaban J connectivity index is 0. The number of rotatable bonds is 9. The Morgan fingerprint density at radius 3 is 1.93 bits per heavy atom. The molecule has 4 nitrogen and oxygen atoms in total. The summed E-state index contributed by atoms with van der Waals surface area (Å²) < 4.78 is 22.7. The monoisotopic (exact) mass is 259 g/mol. The van der Waals surface area contributed by atoms with Gasteiger partial charge < -0.3 is 10.8 Å². The van der Waals surface area contributed by atoms with Crippen LogP contribution in [0, 0.1) is 0 Å². The maximum atomic E-state index is 11.4. The van der Waals surface area contributed by atoms with Crippen molar-refractivity contribution in [1.82, 2.24) is 0 Å². The molecule has 94 valence electrons. The van der Waals surface area contributed by atoms with Crippen LogP contribution in [0.25, 0.3) is 0 Å². The molecule has 0 spiro atoms. The summed E-state index contributed by atoms with van der Waals surface area (Å²) in [7, 11) is -2.89. The fourth-order valence-corrected chi connectivity index (χ4v) is 2.67. The molecule has 15 heavy (non-hydrogen) atoms. The minimum atomic E-state index is -2.89. The lowest BCUT2D eigenvalue weighted by atomic mass is 10.2. The summed E-state index contributed by atoms with van der Waals surface area (Å²) in [6, 6.07) is 0. The summed E-state index contributed by atoms with van der Waals surface area (Å²) in [6.45, 7) is 0.702. The van der Waals surface area contributed by atoms with E-state index in [1.807, 2.05) is 0 Å². The summed E-state index contributed by atoms with van der Waals surface area (Å²) in [5.41, 5.74) is 5.30. The molecule has 0 bridgehead atoms. The minimum absolute atomic E-state index is 0. The highest BCUT2D eigenvalue weighted by Gasteiger charge is 2.09. The van der Waals surface area contributed by atoms with Crippen LogP contribution in [0.2, 0.25) is 0 Å². The van der Waals surface area contributed by atoms with Gasteiger partial charge in [0.1, 0.15) is 9.84 Å². The standard InChI is InChI=1S/C9H21NO3S.ClH/c10-6-2-1-4-8-14(12,13)9-5-3-7-11;/h11H,1-10H2;1H.